The van der Waals surface area contributed by atoms with E-state index in [4.69, 9.17) is 15.2 Å². The summed E-state index contributed by atoms with van der Waals surface area (Å²) in [7, 11) is 1.57. The number of anilines is 2. The first-order valence-corrected chi connectivity index (χ1v) is 5.87. The van der Waals surface area contributed by atoms with Crippen molar-refractivity contribution in [3.8, 4) is 5.88 Å². The fourth-order valence-corrected chi connectivity index (χ4v) is 2.03. The number of methoxy groups -OCH3 is 1. The van der Waals surface area contributed by atoms with Crippen LogP contribution in [0.25, 0.3) is 0 Å². The Morgan fingerprint density at radius 3 is 3.06 bits per heavy atom. The second-order valence-corrected chi connectivity index (χ2v) is 4.34. The summed E-state index contributed by atoms with van der Waals surface area (Å²) in [5, 5.41) is 3.39. The summed E-state index contributed by atoms with van der Waals surface area (Å²) < 4.78 is 10.6. The maximum atomic E-state index is 5.72. The van der Waals surface area contributed by atoms with Gasteiger partial charge in [0.25, 0.3) is 0 Å². The van der Waals surface area contributed by atoms with Crippen molar-refractivity contribution in [2.24, 2.45) is 0 Å². The molecule has 5 nitrogen and oxygen atoms in total. The molecule has 0 amide bonds. The fraction of sp³-hybridized carbons (Fsp3) is 0.583. The number of aromatic nitrogens is 1. The third-order valence-electron chi connectivity index (χ3n) is 2.92. The van der Waals surface area contributed by atoms with Gasteiger partial charge in [-0.2, -0.15) is 4.98 Å². The molecule has 1 aliphatic heterocycles. The topological polar surface area (TPSA) is 69.4 Å². The molecule has 0 aliphatic carbocycles. The van der Waals surface area contributed by atoms with Gasteiger partial charge in [0.15, 0.2) is 0 Å². The van der Waals surface area contributed by atoms with Crippen molar-refractivity contribution in [3.63, 3.8) is 0 Å². The number of nitrogens with two attached hydrogens (primary N) is 1. The first-order chi connectivity index (χ1) is 8.19. The minimum absolute atomic E-state index is 0.303. The van der Waals surface area contributed by atoms with Crippen LogP contribution in [0.1, 0.15) is 19.8 Å². The Morgan fingerprint density at radius 1 is 1.53 bits per heavy atom. The van der Waals surface area contributed by atoms with Crippen molar-refractivity contribution in [2.75, 3.05) is 24.8 Å². The maximum Gasteiger partial charge on any atom is 0.238 e. The summed E-state index contributed by atoms with van der Waals surface area (Å²) in [5.41, 5.74) is 6.27. The van der Waals surface area contributed by atoms with Gasteiger partial charge in [-0.1, -0.05) is 0 Å². The summed E-state index contributed by atoms with van der Waals surface area (Å²) in [6, 6.07) is 4.08. The van der Waals surface area contributed by atoms with Crippen LogP contribution in [0.2, 0.25) is 0 Å². The molecule has 2 rings (SSSR count). The summed E-state index contributed by atoms with van der Waals surface area (Å²) in [4.78, 5) is 4.31. The normalized spacial score (nSPS) is 24.4. The Bertz CT molecular complexity index is 384. The second-order valence-electron chi connectivity index (χ2n) is 4.34. The van der Waals surface area contributed by atoms with Crippen molar-refractivity contribution < 1.29 is 9.47 Å². The molecule has 1 aliphatic rings. The highest BCUT2D eigenvalue weighted by atomic mass is 16.5. The summed E-state index contributed by atoms with van der Waals surface area (Å²) >= 11 is 0. The van der Waals surface area contributed by atoms with Gasteiger partial charge in [0.2, 0.25) is 5.88 Å². The number of nitrogens with zero attached hydrogens (tertiary/aromatic N) is 1. The number of hydrogen-bond acceptors (Lipinski definition) is 5. The molecule has 94 valence electrons. The zero-order chi connectivity index (χ0) is 12.3. The number of ether oxygens (including phenoxy) is 2. The standard InChI is InChI=1S/C12H19N3O2/c1-8-7-9(5-6-17-8)14-11-4-3-10(13)12(15-11)16-2/h3-4,8-9H,5-7,13H2,1-2H3,(H,14,15). The largest absolute Gasteiger partial charge is 0.479 e. The Labute approximate surface area is 101 Å². The molecule has 2 unspecified atom stereocenters. The first kappa shape index (κ1) is 12.0. The lowest BCUT2D eigenvalue weighted by molar-refractivity contribution is 0.0232. The Kier molecular flexibility index (Phi) is 3.68. The van der Waals surface area contributed by atoms with Crippen LogP contribution in [0.15, 0.2) is 12.1 Å². The van der Waals surface area contributed by atoms with Crippen LogP contribution in [0.3, 0.4) is 0 Å². The van der Waals surface area contributed by atoms with Crippen LogP contribution in [0.4, 0.5) is 11.5 Å². The van der Waals surface area contributed by atoms with Crippen LogP contribution in [-0.4, -0.2) is 30.8 Å². The molecule has 17 heavy (non-hydrogen) atoms. The molecule has 0 spiro atoms. The van der Waals surface area contributed by atoms with E-state index in [9.17, 15) is 0 Å². The lowest BCUT2D eigenvalue weighted by Gasteiger charge is -2.28. The lowest BCUT2D eigenvalue weighted by Crippen LogP contribution is -2.32. The number of hydrogen-bond donors (Lipinski definition) is 2. The van der Waals surface area contributed by atoms with Crippen LogP contribution in [0, 0.1) is 0 Å². The first-order valence-electron chi connectivity index (χ1n) is 5.87. The Balaban J connectivity index is 2.02. The molecule has 2 heterocycles. The van der Waals surface area contributed by atoms with Crippen molar-refractivity contribution >= 4 is 11.5 Å². The van der Waals surface area contributed by atoms with Crippen molar-refractivity contribution in [1.29, 1.82) is 0 Å². The number of nitrogens with one attached hydrogen (secondary N) is 1. The molecule has 3 N–H and O–H groups in total. The van der Waals surface area contributed by atoms with E-state index in [0.717, 1.165) is 25.3 Å². The van der Waals surface area contributed by atoms with Gasteiger partial charge in [-0.3, -0.25) is 0 Å². The highest BCUT2D eigenvalue weighted by molar-refractivity contribution is 5.53. The molecular weight excluding hydrogens is 218 g/mol. The summed E-state index contributed by atoms with van der Waals surface area (Å²) in [5.74, 6) is 1.27. The molecule has 2 atom stereocenters. The number of nitrogen functional groups attached to an aromatic ring is 1. The van der Waals surface area contributed by atoms with Gasteiger partial charge >= 0.3 is 0 Å². The highest BCUT2D eigenvalue weighted by Crippen LogP contribution is 2.23. The molecule has 0 aromatic carbocycles. The van der Waals surface area contributed by atoms with E-state index in [-0.39, 0.29) is 0 Å². The summed E-state index contributed by atoms with van der Waals surface area (Å²) in [6.07, 6.45) is 2.30. The highest BCUT2D eigenvalue weighted by Gasteiger charge is 2.19. The zero-order valence-corrected chi connectivity index (χ0v) is 10.3. The van der Waals surface area contributed by atoms with Crippen molar-refractivity contribution in [3.05, 3.63) is 12.1 Å². The average molecular weight is 237 g/mol. The quantitative estimate of drug-likeness (QED) is 0.836. The third kappa shape index (κ3) is 3.00. The molecule has 0 bridgehead atoms. The zero-order valence-electron chi connectivity index (χ0n) is 10.3. The fourth-order valence-electron chi connectivity index (χ4n) is 2.03. The lowest BCUT2D eigenvalue weighted by atomic mass is 10.0. The second kappa shape index (κ2) is 5.23. The van der Waals surface area contributed by atoms with E-state index in [1.165, 1.54) is 0 Å². The predicted octanol–water partition coefficient (Wildman–Crippen LogP) is 1.65. The van der Waals surface area contributed by atoms with Crippen LogP contribution in [0.5, 0.6) is 5.88 Å². The third-order valence-corrected chi connectivity index (χ3v) is 2.92. The van der Waals surface area contributed by atoms with E-state index in [1.807, 2.05) is 6.07 Å². The Hall–Kier alpha value is -1.49. The van der Waals surface area contributed by atoms with Gasteiger partial charge in [0.1, 0.15) is 5.82 Å². The van der Waals surface area contributed by atoms with Crippen LogP contribution in [-0.2, 0) is 4.74 Å². The van der Waals surface area contributed by atoms with E-state index in [1.54, 1.807) is 13.2 Å². The van der Waals surface area contributed by atoms with Crippen molar-refractivity contribution in [1.82, 2.24) is 4.98 Å². The smallest absolute Gasteiger partial charge is 0.238 e. The van der Waals surface area contributed by atoms with Gasteiger partial charge in [0, 0.05) is 12.6 Å². The average Bonchev–Trinajstić information content (AvgIpc) is 2.32. The molecule has 5 heteroatoms. The van der Waals surface area contributed by atoms with Gasteiger partial charge < -0.3 is 20.5 Å². The van der Waals surface area contributed by atoms with Crippen molar-refractivity contribution in [2.45, 2.75) is 31.9 Å². The Morgan fingerprint density at radius 2 is 2.35 bits per heavy atom. The van der Waals surface area contributed by atoms with Crippen LogP contribution < -0.4 is 15.8 Å². The van der Waals surface area contributed by atoms with Gasteiger partial charge in [-0.05, 0) is 31.9 Å². The molecule has 0 saturated carbocycles. The SMILES string of the molecule is COc1nc(NC2CCOC(C)C2)ccc1N. The summed E-state index contributed by atoms with van der Waals surface area (Å²) in [6.45, 7) is 2.88. The van der Waals surface area contributed by atoms with E-state index in [2.05, 4.69) is 17.2 Å². The van der Waals surface area contributed by atoms with Gasteiger partial charge in [-0.15, -0.1) is 0 Å². The predicted molar refractivity (Wildman–Crippen MR) is 67.3 cm³/mol. The molecule has 1 saturated heterocycles. The molecule has 1 fully saturated rings. The van der Waals surface area contributed by atoms with E-state index < -0.39 is 0 Å². The maximum absolute atomic E-state index is 5.72. The van der Waals surface area contributed by atoms with Gasteiger partial charge in [-0.25, -0.2) is 0 Å². The van der Waals surface area contributed by atoms with E-state index >= 15 is 0 Å². The van der Waals surface area contributed by atoms with E-state index in [0.29, 0.717) is 23.7 Å². The minimum atomic E-state index is 0.303. The number of rotatable bonds is 3. The number of pyridine rings is 1. The molecular formula is C12H19N3O2. The monoisotopic (exact) mass is 237 g/mol. The molecule has 1 aromatic rings. The molecule has 1 aromatic heterocycles. The van der Waals surface area contributed by atoms with Gasteiger partial charge in [0.05, 0.1) is 18.9 Å². The van der Waals surface area contributed by atoms with Crippen LogP contribution >= 0.6 is 0 Å². The minimum Gasteiger partial charge on any atom is -0.479 e. The molecule has 0 radical (unpaired) electrons.